The van der Waals surface area contributed by atoms with Crippen molar-refractivity contribution in [1.29, 1.82) is 0 Å². The van der Waals surface area contributed by atoms with Gasteiger partial charge in [-0.1, -0.05) is 13.8 Å². The van der Waals surface area contributed by atoms with Crippen molar-refractivity contribution in [3.8, 4) is 0 Å². The van der Waals surface area contributed by atoms with Crippen molar-refractivity contribution in [2.75, 3.05) is 0 Å². The van der Waals surface area contributed by atoms with Gasteiger partial charge in [0.25, 0.3) is 0 Å². The van der Waals surface area contributed by atoms with Crippen molar-refractivity contribution in [1.82, 2.24) is 0 Å². The van der Waals surface area contributed by atoms with Crippen LogP contribution in [-0.4, -0.2) is 72.4 Å². The Morgan fingerprint density at radius 1 is 0.765 bits per heavy atom. The second-order valence-corrected chi connectivity index (χ2v) is 3.30. The molecule has 0 saturated heterocycles. The zero-order chi connectivity index (χ0) is 13.5. The quantitative estimate of drug-likeness (QED) is 0.402. The molecule has 0 amide bonds. The van der Waals surface area contributed by atoms with Crippen LogP contribution in [0.4, 0.5) is 0 Å². The number of carboxylic acid groups (broad SMARTS) is 2. The molecule has 7 heteroatoms. The van der Waals surface area contributed by atoms with E-state index < -0.39 is 23.8 Å². The van der Waals surface area contributed by atoms with Gasteiger partial charge in [0.1, 0.15) is 11.6 Å². The number of carbonyl (C=O) groups is 4. The van der Waals surface area contributed by atoms with E-state index in [1.165, 1.54) is 27.7 Å². The van der Waals surface area contributed by atoms with Gasteiger partial charge in [-0.3, -0.25) is 9.59 Å². The molecule has 0 bridgehead atoms. The van der Waals surface area contributed by atoms with Crippen LogP contribution in [0.15, 0.2) is 0 Å². The zero-order valence-electron chi connectivity index (χ0n) is 10.3. The minimum atomic E-state index is -1.31. The molecule has 0 aromatic heterocycles. The SMILES string of the molecule is CC(=O)C(C)C(=O)[O-].CC(=O)C(C)C(=O)[O-].[Ba+2]. The van der Waals surface area contributed by atoms with Crippen molar-refractivity contribution < 1.29 is 29.4 Å². The summed E-state index contributed by atoms with van der Waals surface area (Å²) in [6, 6.07) is 0. The molecule has 17 heavy (non-hydrogen) atoms. The zero-order valence-corrected chi connectivity index (χ0v) is 14.8. The summed E-state index contributed by atoms with van der Waals surface area (Å²) in [6.07, 6.45) is 0. The number of Topliss-reactive ketones (excluding diaryl/α,β-unsaturated/α-hetero) is 2. The van der Waals surface area contributed by atoms with Crippen LogP contribution in [0, 0.1) is 11.8 Å². The Hall–Kier alpha value is -0.149. The number of carbonyl (C=O) groups excluding carboxylic acids is 4. The fourth-order valence-electron chi connectivity index (χ4n) is 0.332. The molecular weight excluding hydrogens is 353 g/mol. The van der Waals surface area contributed by atoms with Crippen molar-refractivity contribution in [3.05, 3.63) is 0 Å². The van der Waals surface area contributed by atoms with Gasteiger partial charge in [-0.2, -0.15) is 0 Å². The number of aliphatic carboxylic acids is 2. The third-order valence-corrected chi connectivity index (χ3v) is 1.93. The molecule has 0 rings (SSSR count). The van der Waals surface area contributed by atoms with Gasteiger partial charge in [0.2, 0.25) is 0 Å². The maximum absolute atomic E-state index is 10.2. The molecule has 0 saturated carbocycles. The van der Waals surface area contributed by atoms with Crippen molar-refractivity contribution in [3.63, 3.8) is 0 Å². The van der Waals surface area contributed by atoms with Crippen LogP contribution in [0.1, 0.15) is 27.7 Å². The molecule has 0 heterocycles. The average molecular weight is 368 g/mol. The number of carboxylic acids is 2. The summed E-state index contributed by atoms with van der Waals surface area (Å²) in [5.74, 6) is -5.28. The Morgan fingerprint density at radius 2 is 0.941 bits per heavy atom. The van der Waals surface area contributed by atoms with Crippen molar-refractivity contribution in [2.24, 2.45) is 11.8 Å². The van der Waals surface area contributed by atoms with Crippen LogP contribution < -0.4 is 10.2 Å². The van der Waals surface area contributed by atoms with Gasteiger partial charge in [-0.25, -0.2) is 0 Å². The monoisotopic (exact) mass is 368 g/mol. The Balaban J connectivity index is -0.000000218. The van der Waals surface area contributed by atoms with Crippen LogP contribution in [0.5, 0.6) is 0 Å². The second-order valence-electron chi connectivity index (χ2n) is 3.30. The standard InChI is InChI=1S/2C5H8O3.Ba/c2*1-3(4(2)6)5(7)8;/h2*3H,1-2H3,(H,7,8);/q;;+2/p-2. The molecular formula is C10H14BaO6. The summed E-state index contributed by atoms with van der Waals surface area (Å²) in [4.78, 5) is 39.9. The van der Waals surface area contributed by atoms with Gasteiger partial charge in [0.05, 0.1) is 23.8 Å². The molecule has 6 nitrogen and oxygen atoms in total. The van der Waals surface area contributed by atoms with E-state index in [0.717, 1.165) is 0 Å². The van der Waals surface area contributed by atoms with Crippen LogP contribution in [-0.2, 0) is 19.2 Å². The van der Waals surface area contributed by atoms with E-state index >= 15 is 0 Å². The minimum absolute atomic E-state index is 0. The molecule has 0 radical (unpaired) electrons. The van der Waals surface area contributed by atoms with E-state index in [1.807, 2.05) is 0 Å². The maximum Gasteiger partial charge on any atom is 2.00 e. The summed E-state index contributed by atoms with van der Waals surface area (Å²) in [6.45, 7) is 5.05. The second kappa shape index (κ2) is 11.0. The van der Waals surface area contributed by atoms with E-state index in [2.05, 4.69) is 0 Å². The smallest absolute Gasteiger partial charge is 0.549 e. The molecule has 0 aliphatic heterocycles. The van der Waals surface area contributed by atoms with E-state index in [-0.39, 0.29) is 60.4 Å². The first-order valence-corrected chi connectivity index (χ1v) is 4.53. The molecule has 0 fully saturated rings. The fourth-order valence-corrected chi connectivity index (χ4v) is 0.332. The predicted octanol–water partition coefficient (Wildman–Crippen LogP) is -2.46. The summed E-state index contributed by atoms with van der Waals surface area (Å²) < 4.78 is 0. The molecule has 0 N–H and O–H groups in total. The average Bonchev–Trinajstić information content (AvgIpc) is 2.15. The van der Waals surface area contributed by atoms with Gasteiger partial charge < -0.3 is 19.8 Å². The van der Waals surface area contributed by atoms with Crippen LogP contribution in [0.3, 0.4) is 0 Å². The van der Waals surface area contributed by atoms with Crippen LogP contribution in [0.2, 0.25) is 0 Å². The van der Waals surface area contributed by atoms with Crippen molar-refractivity contribution in [2.45, 2.75) is 27.7 Å². The predicted molar refractivity (Wildman–Crippen MR) is 55.5 cm³/mol. The van der Waals surface area contributed by atoms with E-state index in [1.54, 1.807) is 0 Å². The molecule has 0 aliphatic rings. The third kappa shape index (κ3) is 12.1. The fraction of sp³-hybridized carbons (Fsp3) is 0.600. The molecule has 2 unspecified atom stereocenters. The normalized spacial score (nSPS) is 12.0. The van der Waals surface area contributed by atoms with E-state index in [4.69, 9.17) is 0 Å². The Kier molecular flexibility index (Phi) is 14.2. The Morgan fingerprint density at radius 3 is 0.941 bits per heavy atom. The molecule has 2 atom stereocenters. The first-order valence-electron chi connectivity index (χ1n) is 4.53. The van der Waals surface area contributed by atoms with Gasteiger partial charge >= 0.3 is 48.9 Å². The van der Waals surface area contributed by atoms with Crippen LogP contribution >= 0.6 is 0 Å². The Bertz CT molecular complexity index is 241. The summed E-state index contributed by atoms with van der Waals surface area (Å²) in [7, 11) is 0. The summed E-state index contributed by atoms with van der Waals surface area (Å²) >= 11 is 0. The summed E-state index contributed by atoms with van der Waals surface area (Å²) in [5, 5.41) is 19.6. The first-order chi connectivity index (χ1) is 7.11. The molecule has 92 valence electrons. The molecule has 0 aliphatic carbocycles. The van der Waals surface area contributed by atoms with Gasteiger partial charge in [0, 0.05) is 0 Å². The van der Waals surface area contributed by atoms with Gasteiger partial charge in [-0.15, -0.1) is 0 Å². The van der Waals surface area contributed by atoms with Gasteiger partial charge in [-0.05, 0) is 13.8 Å². The number of hydrogen-bond acceptors (Lipinski definition) is 6. The topological polar surface area (TPSA) is 114 Å². The van der Waals surface area contributed by atoms with Crippen molar-refractivity contribution >= 4 is 72.4 Å². The number of hydrogen-bond donors (Lipinski definition) is 0. The van der Waals surface area contributed by atoms with E-state index in [9.17, 15) is 29.4 Å². The number of rotatable bonds is 4. The first kappa shape index (κ1) is 22.1. The largest absolute Gasteiger partial charge is 2.00 e. The van der Waals surface area contributed by atoms with E-state index in [0.29, 0.717) is 0 Å². The van der Waals surface area contributed by atoms with Gasteiger partial charge in [0.15, 0.2) is 0 Å². The number of ketones is 2. The Labute approximate surface area is 140 Å². The minimum Gasteiger partial charge on any atom is -0.549 e. The maximum atomic E-state index is 10.2. The molecule has 0 spiro atoms. The molecule has 0 aromatic rings. The third-order valence-electron chi connectivity index (χ3n) is 1.93. The molecule has 0 aromatic carbocycles. The summed E-state index contributed by atoms with van der Waals surface area (Å²) in [5.41, 5.74) is 0. The van der Waals surface area contributed by atoms with Crippen LogP contribution in [0.25, 0.3) is 0 Å².